The van der Waals surface area contributed by atoms with Gasteiger partial charge in [-0.2, -0.15) is 10.4 Å². The fourth-order valence-electron chi connectivity index (χ4n) is 1.32. The van der Waals surface area contributed by atoms with E-state index in [0.29, 0.717) is 16.6 Å². The van der Waals surface area contributed by atoms with Crippen LogP contribution in [0.2, 0.25) is 0 Å². The predicted molar refractivity (Wildman–Crippen MR) is 49.9 cm³/mol. The highest BCUT2D eigenvalue weighted by Gasteiger charge is 2.08. The third-order valence-electron chi connectivity index (χ3n) is 2.03. The van der Waals surface area contributed by atoms with Gasteiger partial charge in [-0.15, -0.1) is 0 Å². The average molecular weight is 185 g/mol. The van der Waals surface area contributed by atoms with Gasteiger partial charge in [0.15, 0.2) is 5.78 Å². The van der Waals surface area contributed by atoms with E-state index in [1.807, 2.05) is 6.07 Å². The molecule has 14 heavy (non-hydrogen) atoms. The summed E-state index contributed by atoms with van der Waals surface area (Å²) in [6.45, 7) is 1.48. The number of hydrogen-bond donors (Lipinski definition) is 0. The molecule has 2 aromatic rings. The van der Waals surface area contributed by atoms with Crippen LogP contribution in [0.4, 0.5) is 0 Å². The normalized spacial score (nSPS) is 10.0. The van der Waals surface area contributed by atoms with Crippen molar-refractivity contribution in [2.45, 2.75) is 6.92 Å². The van der Waals surface area contributed by atoms with Gasteiger partial charge in [-0.25, -0.2) is 4.52 Å². The van der Waals surface area contributed by atoms with E-state index in [1.54, 1.807) is 22.8 Å². The fourth-order valence-corrected chi connectivity index (χ4v) is 1.32. The molecule has 2 heterocycles. The second-order valence-corrected chi connectivity index (χ2v) is 2.97. The average Bonchev–Trinajstić information content (AvgIpc) is 2.59. The van der Waals surface area contributed by atoms with E-state index < -0.39 is 0 Å². The first-order valence-electron chi connectivity index (χ1n) is 4.11. The maximum atomic E-state index is 11.2. The number of aromatic nitrogens is 2. The number of ketones is 1. The summed E-state index contributed by atoms with van der Waals surface area (Å²) in [5, 5.41) is 12.7. The van der Waals surface area contributed by atoms with E-state index in [0.717, 1.165) is 0 Å². The zero-order valence-electron chi connectivity index (χ0n) is 7.56. The summed E-state index contributed by atoms with van der Waals surface area (Å²) in [6, 6.07) is 5.34. The number of rotatable bonds is 1. The summed E-state index contributed by atoms with van der Waals surface area (Å²) < 4.78 is 1.58. The molecule has 0 N–H and O–H groups in total. The highest BCUT2D eigenvalue weighted by atomic mass is 16.1. The molecule has 4 nitrogen and oxygen atoms in total. The molecule has 0 radical (unpaired) electrons. The van der Waals surface area contributed by atoms with E-state index in [1.165, 1.54) is 13.1 Å². The molecule has 0 atom stereocenters. The van der Waals surface area contributed by atoms with Crippen molar-refractivity contribution in [3.8, 4) is 6.07 Å². The van der Waals surface area contributed by atoms with Crippen LogP contribution in [0.3, 0.4) is 0 Å². The van der Waals surface area contributed by atoms with Gasteiger partial charge < -0.3 is 0 Å². The Morgan fingerprint density at radius 1 is 1.64 bits per heavy atom. The third kappa shape index (κ3) is 1.15. The van der Waals surface area contributed by atoms with Crippen molar-refractivity contribution in [2.24, 2.45) is 0 Å². The van der Waals surface area contributed by atoms with Crippen molar-refractivity contribution < 1.29 is 4.79 Å². The van der Waals surface area contributed by atoms with Gasteiger partial charge in [0.2, 0.25) is 0 Å². The summed E-state index contributed by atoms with van der Waals surface area (Å²) in [5.74, 6) is -0.0462. The summed E-state index contributed by atoms with van der Waals surface area (Å²) in [5.41, 5.74) is 1.75. The number of nitrogens with zero attached hydrogens (tertiary/aromatic N) is 3. The summed E-state index contributed by atoms with van der Waals surface area (Å²) in [4.78, 5) is 11.2. The van der Waals surface area contributed by atoms with Gasteiger partial charge in [0, 0.05) is 6.20 Å². The molecule has 4 heteroatoms. The largest absolute Gasteiger partial charge is 0.294 e. The lowest BCUT2D eigenvalue weighted by Gasteiger charge is -1.94. The van der Waals surface area contributed by atoms with Crippen molar-refractivity contribution in [1.29, 1.82) is 5.26 Å². The van der Waals surface area contributed by atoms with Crippen LogP contribution in [0.15, 0.2) is 24.5 Å². The van der Waals surface area contributed by atoms with Gasteiger partial charge in [-0.3, -0.25) is 4.79 Å². The molecule has 0 unspecified atom stereocenters. The Morgan fingerprint density at radius 2 is 2.43 bits per heavy atom. The molecule has 0 saturated heterocycles. The minimum absolute atomic E-state index is 0.0462. The minimum atomic E-state index is -0.0462. The molecule has 0 saturated carbocycles. The Labute approximate surface area is 80.4 Å². The Hall–Kier alpha value is -2.15. The molecule has 0 aliphatic heterocycles. The van der Waals surface area contributed by atoms with Crippen LogP contribution in [0.1, 0.15) is 22.8 Å². The fraction of sp³-hybridized carbons (Fsp3) is 0.100. The number of nitriles is 1. The molecular formula is C10H7N3O. The van der Waals surface area contributed by atoms with Gasteiger partial charge in [-0.1, -0.05) is 0 Å². The van der Waals surface area contributed by atoms with Gasteiger partial charge >= 0.3 is 0 Å². The first kappa shape index (κ1) is 8.45. The quantitative estimate of drug-likeness (QED) is 0.631. The molecule has 68 valence electrons. The van der Waals surface area contributed by atoms with Crippen LogP contribution in [-0.4, -0.2) is 15.4 Å². The van der Waals surface area contributed by atoms with Gasteiger partial charge in [-0.05, 0) is 19.1 Å². The number of carbonyl (C=O) groups is 1. The van der Waals surface area contributed by atoms with E-state index in [2.05, 4.69) is 5.10 Å². The summed E-state index contributed by atoms with van der Waals surface area (Å²) >= 11 is 0. The van der Waals surface area contributed by atoms with Crippen LogP contribution < -0.4 is 0 Å². The Kier molecular flexibility index (Phi) is 1.79. The zero-order chi connectivity index (χ0) is 10.1. The Bertz CT molecular complexity index is 548. The maximum absolute atomic E-state index is 11.2. The topological polar surface area (TPSA) is 58.2 Å². The van der Waals surface area contributed by atoms with Gasteiger partial charge in [0.1, 0.15) is 0 Å². The number of fused-ring (bicyclic) bond motifs is 1. The number of hydrogen-bond acceptors (Lipinski definition) is 3. The van der Waals surface area contributed by atoms with Crippen LogP contribution >= 0.6 is 0 Å². The highest BCUT2D eigenvalue weighted by Crippen LogP contribution is 2.12. The highest BCUT2D eigenvalue weighted by molar-refractivity contribution is 6.00. The van der Waals surface area contributed by atoms with Crippen LogP contribution in [0.5, 0.6) is 0 Å². The van der Waals surface area contributed by atoms with Crippen molar-refractivity contribution >= 4 is 11.3 Å². The van der Waals surface area contributed by atoms with Crippen molar-refractivity contribution in [3.63, 3.8) is 0 Å². The number of pyridine rings is 1. The zero-order valence-corrected chi connectivity index (χ0v) is 7.56. The van der Waals surface area contributed by atoms with Gasteiger partial charge in [0.25, 0.3) is 0 Å². The lowest BCUT2D eigenvalue weighted by atomic mass is 10.2. The van der Waals surface area contributed by atoms with Crippen molar-refractivity contribution in [2.75, 3.05) is 0 Å². The lowest BCUT2D eigenvalue weighted by Crippen LogP contribution is -1.92. The van der Waals surface area contributed by atoms with Gasteiger partial charge in [0.05, 0.1) is 28.9 Å². The number of Topliss-reactive ketones (excluding diaryl/α,β-unsaturated/α-hetero) is 1. The van der Waals surface area contributed by atoms with E-state index >= 15 is 0 Å². The molecule has 0 fully saturated rings. The molecular weight excluding hydrogens is 178 g/mol. The third-order valence-corrected chi connectivity index (χ3v) is 2.03. The minimum Gasteiger partial charge on any atom is -0.294 e. The smallest absolute Gasteiger partial charge is 0.163 e. The molecule has 0 spiro atoms. The van der Waals surface area contributed by atoms with Crippen LogP contribution in [0.25, 0.3) is 5.52 Å². The Morgan fingerprint density at radius 3 is 3.07 bits per heavy atom. The van der Waals surface area contributed by atoms with E-state index in [4.69, 9.17) is 5.26 Å². The second-order valence-electron chi connectivity index (χ2n) is 2.97. The number of carbonyl (C=O) groups excluding carboxylic acids is 1. The van der Waals surface area contributed by atoms with E-state index in [9.17, 15) is 4.79 Å². The SMILES string of the molecule is CC(=O)c1cnn2ccc(C#N)cc12. The van der Waals surface area contributed by atoms with Crippen molar-refractivity contribution in [3.05, 3.63) is 35.7 Å². The molecule has 0 aliphatic carbocycles. The van der Waals surface area contributed by atoms with Crippen LogP contribution in [-0.2, 0) is 0 Å². The lowest BCUT2D eigenvalue weighted by molar-refractivity contribution is 0.101. The Balaban J connectivity index is 2.77. The monoisotopic (exact) mass is 185 g/mol. The second kappa shape index (κ2) is 2.96. The summed E-state index contributed by atoms with van der Waals surface area (Å²) in [6.07, 6.45) is 3.18. The standard InChI is InChI=1S/C10H7N3O/c1-7(14)9-6-12-13-3-2-8(5-11)4-10(9)13/h2-4,6H,1H3. The predicted octanol–water partition coefficient (Wildman–Crippen LogP) is 1.41. The molecule has 2 rings (SSSR count). The molecule has 0 bridgehead atoms. The molecule has 0 aliphatic rings. The molecule has 2 aromatic heterocycles. The molecule has 0 aromatic carbocycles. The first-order chi connectivity index (χ1) is 6.72. The summed E-state index contributed by atoms with van der Waals surface area (Å²) in [7, 11) is 0. The van der Waals surface area contributed by atoms with Crippen LogP contribution in [0, 0.1) is 11.3 Å². The first-order valence-corrected chi connectivity index (χ1v) is 4.11. The van der Waals surface area contributed by atoms with E-state index in [-0.39, 0.29) is 5.78 Å². The van der Waals surface area contributed by atoms with Crippen molar-refractivity contribution in [1.82, 2.24) is 9.61 Å². The maximum Gasteiger partial charge on any atom is 0.163 e. The molecule has 0 amide bonds.